The molecule has 1 atom stereocenters. The van der Waals surface area contributed by atoms with Crippen molar-refractivity contribution in [3.8, 4) is 11.5 Å². The van der Waals surface area contributed by atoms with Crippen LogP contribution >= 0.6 is 15.9 Å². The average Bonchev–Trinajstić information content (AvgIpc) is 2.45. The molecule has 0 fully saturated rings. The van der Waals surface area contributed by atoms with E-state index in [-0.39, 0.29) is 12.4 Å². The van der Waals surface area contributed by atoms with E-state index in [1.807, 2.05) is 24.3 Å². The maximum atomic E-state index is 13.7. The fourth-order valence-electron chi connectivity index (χ4n) is 1.76. The van der Waals surface area contributed by atoms with Crippen LogP contribution in [0.5, 0.6) is 11.5 Å². The molecular weight excluding hydrogens is 339 g/mol. The zero-order valence-electron chi connectivity index (χ0n) is 11.6. The molecule has 0 aliphatic carbocycles. The summed E-state index contributed by atoms with van der Waals surface area (Å²) in [5.74, 6) is 0.381. The zero-order chi connectivity index (χ0) is 15.2. The highest BCUT2D eigenvalue weighted by atomic mass is 79.9. The molecule has 3 nitrogen and oxygen atoms in total. The topological polar surface area (TPSA) is 38.7 Å². The van der Waals surface area contributed by atoms with Gasteiger partial charge in [0.1, 0.15) is 19.0 Å². The fraction of sp³-hybridized carbons (Fsp3) is 0.250. The van der Waals surface area contributed by atoms with Crippen LogP contribution in [0.15, 0.2) is 46.9 Å². The third-order valence-corrected chi connectivity index (χ3v) is 3.34. The van der Waals surface area contributed by atoms with E-state index in [0.29, 0.717) is 12.2 Å². The van der Waals surface area contributed by atoms with Crippen molar-refractivity contribution in [2.45, 2.75) is 13.0 Å². The third-order valence-electron chi connectivity index (χ3n) is 2.84. The Kier molecular flexibility index (Phi) is 5.59. The van der Waals surface area contributed by atoms with Crippen LogP contribution in [-0.2, 0) is 0 Å². The lowest BCUT2D eigenvalue weighted by molar-refractivity contribution is 0.197. The molecule has 21 heavy (non-hydrogen) atoms. The number of halogens is 2. The lowest BCUT2D eigenvalue weighted by atomic mass is 10.1. The highest BCUT2D eigenvalue weighted by molar-refractivity contribution is 9.10. The number of rotatable bonds is 6. The molecule has 0 aromatic heterocycles. The highest BCUT2D eigenvalue weighted by Crippen LogP contribution is 2.22. The average molecular weight is 355 g/mol. The van der Waals surface area contributed by atoms with E-state index in [1.54, 1.807) is 13.0 Å². The molecule has 112 valence electrons. The second kappa shape index (κ2) is 7.43. The van der Waals surface area contributed by atoms with Gasteiger partial charge in [-0.05, 0) is 42.8 Å². The number of aliphatic hydroxyl groups excluding tert-OH is 1. The molecular formula is C16H16BrFO3. The van der Waals surface area contributed by atoms with Gasteiger partial charge in [-0.3, -0.25) is 0 Å². The van der Waals surface area contributed by atoms with Crippen LogP contribution in [0.1, 0.15) is 18.6 Å². The van der Waals surface area contributed by atoms with Crippen molar-refractivity contribution in [1.29, 1.82) is 0 Å². The molecule has 2 rings (SSSR count). The van der Waals surface area contributed by atoms with Crippen LogP contribution in [0, 0.1) is 5.82 Å². The predicted octanol–water partition coefficient (Wildman–Crippen LogP) is 4.10. The van der Waals surface area contributed by atoms with Crippen LogP contribution in [0.25, 0.3) is 0 Å². The van der Waals surface area contributed by atoms with E-state index in [9.17, 15) is 9.50 Å². The Bertz CT molecular complexity index is 602. The molecule has 0 heterocycles. The summed E-state index contributed by atoms with van der Waals surface area (Å²) in [6.07, 6.45) is -0.701. The Balaban J connectivity index is 1.83. The molecule has 0 unspecified atom stereocenters. The molecule has 0 aliphatic rings. The Hall–Kier alpha value is -1.59. The first-order valence-corrected chi connectivity index (χ1v) is 7.34. The molecule has 0 bridgehead atoms. The minimum absolute atomic E-state index is 0.150. The van der Waals surface area contributed by atoms with E-state index in [4.69, 9.17) is 9.47 Å². The van der Waals surface area contributed by atoms with Gasteiger partial charge in [-0.1, -0.05) is 28.1 Å². The first-order valence-electron chi connectivity index (χ1n) is 6.55. The van der Waals surface area contributed by atoms with Crippen LogP contribution < -0.4 is 9.47 Å². The monoisotopic (exact) mass is 354 g/mol. The van der Waals surface area contributed by atoms with Gasteiger partial charge in [0.05, 0.1) is 6.10 Å². The van der Waals surface area contributed by atoms with Gasteiger partial charge in [0, 0.05) is 4.47 Å². The quantitative estimate of drug-likeness (QED) is 0.793. The van der Waals surface area contributed by atoms with Crippen molar-refractivity contribution < 1.29 is 19.0 Å². The largest absolute Gasteiger partial charge is 0.490 e. The number of aliphatic hydroxyl groups is 1. The van der Waals surface area contributed by atoms with E-state index in [2.05, 4.69) is 15.9 Å². The second-order valence-electron chi connectivity index (χ2n) is 4.52. The Morgan fingerprint density at radius 1 is 1.14 bits per heavy atom. The van der Waals surface area contributed by atoms with Crippen LogP contribution in [-0.4, -0.2) is 18.3 Å². The van der Waals surface area contributed by atoms with Gasteiger partial charge in [0.25, 0.3) is 0 Å². The summed E-state index contributed by atoms with van der Waals surface area (Å²) < 4.78 is 25.5. The van der Waals surface area contributed by atoms with Gasteiger partial charge in [-0.2, -0.15) is 0 Å². The molecule has 0 saturated carbocycles. The number of hydrogen-bond donors (Lipinski definition) is 1. The Labute approximate surface area is 131 Å². The zero-order valence-corrected chi connectivity index (χ0v) is 13.1. The number of benzene rings is 2. The first kappa shape index (κ1) is 15.8. The van der Waals surface area contributed by atoms with Crippen LogP contribution in [0.4, 0.5) is 4.39 Å². The van der Waals surface area contributed by atoms with Gasteiger partial charge < -0.3 is 14.6 Å². The molecule has 0 spiro atoms. The van der Waals surface area contributed by atoms with Gasteiger partial charge in [-0.25, -0.2) is 4.39 Å². The SMILES string of the molecule is C[C@@H](O)c1ccc(OCCOc2cccc(Br)c2)c(F)c1. The van der Waals surface area contributed by atoms with Crippen molar-refractivity contribution in [1.82, 2.24) is 0 Å². The molecule has 1 N–H and O–H groups in total. The minimum atomic E-state index is -0.701. The minimum Gasteiger partial charge on any atom is -0.490 e. The maximum absolute atomic E-state index is 13.7. The van der Waals surface area contributed by atoms with Crippen molar-refractivity contribution in [3.05, 3.63) is 58.3 Å². The van der Waals surface area contributed by atoms with Gasteiger partial charge in [-0.15, -0.1) is 0 Å². The molecule has 0 radical (unpaired) electrons. The summed E-state index contributed by atoms with van der Waals surface area (Å²) in [6.45, 7) is 2.13. The highest BCUT2D eigenvalue weighted by Gasteiger charge is 2.08. The Morgan fingerprint density at radius 2 is 1.90 bits per heavy atom. The molecule has 0 amide bonds. The summed E-state index contributed by atoms with van der Waals surface area (Å²) in [5, 5.41) is 9.37. The van der Waals surface area contributed by atoms with E-state index >= 15 is 0 Å². The Morgan fingerprint density at radius 3 is 2.57 bits per heavy atom. The lowest BCUT2D eigenvalue weighted by Gasteiger charge is -2.11. The van der Waals surface area contributed by atoms with E-state index < -0.39 is 11.9 Å². The fourth-order valence-corrected chi connectivity index (χ4v) is 2.14. The van der Waals surface area contributed by atoms with Gasteiger partial charge in [0.15, 0.2) is 11.6 Å². The maximum Gasteiger partial charge on any atom is 0.165 e. The number of ether oxygens (including phenoxy) is 2. The summed E-state index contributed by atoms with van der Waals surface area (Å²) in [7, 11) is 0. The summed E-state index contributed by atoms with van der Waals surface area (Å²) in [5.41, 5.74) is 0.519. The van der Waals surface area contributed by atoms with Crippen molar-refractivity contribution >= 4 is 15.9 Å². The van der Waals surface area contributed by atoms with E-state index in [1.165, 1.54) is 12.1 Å². The standard InChI is InChI=1S/C16H16BrFO3/c1-11(19)12-5-6-16(15(18)9-12)21-8-7-20-14-4-2-3-13(17)10-14/h2-6,9-11,19H,7-8H2,1H3/t11-/m1/s1. The molecule has 0 saturated heterocycles. The number of hydrogen-bond acceptors (Lipinski definition) is 3. The summed E-state index contributed by atoms with van der Waals surface area (Å²) in [6, 6.07) is 11.9. The summed E-state index contributed by atoms with van der Waals surface area (Å²) >= 11 is 3.35. The summed E-state index contributed by atoms with van der Waals surface area (Å²) in [4.78, 5) is 0. The van der Waals surface area contributed by atoms with Crippen molar-refractivity contribution in [2.75, 3.05) is 13.2 Å². The van der Waals surface area contributed by atoms with Crippen LogP contribution in [0.3, 0.4) is 0 Å². The smallest absolute Gasteiger partial charge is 0.165 e. The van der Waals surface area contributed by atoms with Crippen molar-refractivity contribution in [3.63, 3.8) is 0 Å². The lowest BCUT2D eigenvalue weighted by Crippen LogP contribution is -2.10. The van der Waals surface area contributed by atoms with E-state index in [0.717, 1.165) is 10.2 Å². The van der Waals surface area contributed by atoms with Gasteiger partial charge in [0.2, 0.25) is 0 Å². The normalized spacial score (nSPS) is 12.0. The molecule has 5 heteroatoms. The predicted molar refractivity (Wildman–Crippen MR) is 82.2 cm³/mol. The van der Waals surface area contributed by atoms with Crippen LogP contribution in [0.2, 0.25) is 0 Å². The second-order valence-corrected chi connectivity index (χ2v) is 5.44. The molecule has 2 aromatic rings. The van der Waals surface area contributed by atoms with Crippen molar-refractivity contribution in [2.24, 2.45) is 0 Å². The van der Waals surface area contributed by atoms with Gasteiger partial charge >= 0.3 is 0 Å². The first-order chi connectivity index (χ1) is 10.1. The third kappa shape index (κ3) is 4.72. The molecule has 2 aromatic carbocycles. The molecule has 0 aliphatic heterocycles.